The molecule has 5 nitrogen and oxygen atoms in total. The van der Waals surface area contributed by atoms with Crippen molar-refractivity contribution in [3.63, 3.8) is 0 Å². The number of halogens is 2. The van der Waals surface area contributed by atoms with Gasteiger partial charge in [-0.25, -0.2) is 4.39 Å². The summed E-state index contributed by atoms with van der Waals surface area (Å²) in [6, 6.07) is 8.74. The molecule has 0 saturated carbocycles. The van der Waals surface area contributed by atoms with Gasteiger partial charge in [-0.15, -0.1) is 0 Å². The number of amides is 1. The Bertz CT molecular complexity index is 801. The third kappa shape index (κ3) is 6.30. The molecule has 1 unspecified atom stereocenters. The average molecular weight is 409 g/mol. The first-order chi connectivity index (χ1) is 13.4. The maximum absolute atomic E-state index is 13.1. The lowest BCUT2D eigenvalue weighted by Gasteiger charge is -2.18. The average Bonchev–Trinajstić information content (AvgIpc) is 2.67. The SMILES string of the molecule is CCCOc1ccc(NC(C)C(=O)Nc2ccc(F)cc2Cl)cc1OCCC. The molecule has 28 heavy (non-hydrogen) atoms. The maximum atomic E-state index is 13.1. The van der Waals surface area contributed by atoms with Crippen molar-refractivity contribution in [1.82, 2.24) is 0 Å². The number of rotatable bonds is 10. The summed E-state index contributed by atoms with van der Waals surface area (Å²) in [6.07, 6.45) is 1.78. The van der Waals surface area contributed by atoms with Crippen LogP contribution < -0.4 is 20.1 Å². The molecule has 2 aromatic rings. The molecule has 7 heteroatoms. The zero-order valence-electron chi connectivity index (χ0n) is 16.4. The van der Waals surface area contributed by atoms with Gasteiger partial charge in [-0.1, -0.05) is 25.4 Å². The minimum atomic E-state index is -0.553. The number of nitrogens with one attached hydrogen (secondary N) is 2. The van der Waals surface area contributed by atoms with E-state index in [1.807, 2.05) is 32.0 Å². The highest BCUT2D eigenvalue weighted by Crippen LogP contribution is 2.31. The summed E-state index contributed by atoms with van der Waals surface area (Å²) >= 11 is 5.96. The van der Waals surface area contributed by atoms with Crippen LogP contribution in [0.5, 0.6) is 11.5 Å². The molecule has 152 valence electrons. The van der Waals surface area contributed by atoms with Crippen molar-refractivity contribution in [2.75, 3.05) is 23.8 Å². The Morgan fingerprint density at radius 3 is 2.39 bits per heavy atom. The molecule has 0 fully saturated rings. The van der Waals surface area contributed by atoms with Crippen LogP contribution >= 0.6 is 11.6 Å². The maximum Gasteiger partial charge on any atom is 0.246 e. The van der Waals surface area contributed by atoms with Crippen LogP contribution in [0.2, 0.25) is 5.02 Å². The Morgan fingerprint density at radius 1 is 1.07 bits per heavy atom. The Balaban J connectivity index is 2.06. The molecule has 0 aliphatic rings. The highest BCUT2D eigenvalue weighted by atomic mass is 35.5. The highest BCUT2D eigenvalue weighted by molar-refractivity contribution is 6.33. The lowest BCUT2D eigenvalue weighted by molar-refractivity contribution is -0.116. The van der Waals surface area contributed by atoms with Crippen LogP contribution in [0, 0.1) is 5.82 Å². The Hall–Kier alpha value is -2.47. The predicted molar refractivity (Wildman–Crippen MR) is 111 cm³/mol. The van der Waals surface area contributed by atoms with Crippen LogP contribution in [-0.4, -0.2) is 25.2 Å². The van der Waals surface area contributed by atoms with E-state index >= 15 is 0 Å². The zero-order chi connectivity index (χ0) is 20.5. The van der Waals surface area contributed by atoms with Gasteiger partial charge in [-0.2, -0.15) is 0 Å². The van der Waals surface area contributed by atoms with Gasteiger partial charge >= 0.3 is 0 Å². The molecule has 0 saturated heterocycles. The fourth-order valence-corrected chi connectivity index (χ4v) is 2.62. The van der Waals surface area contributed by atoms with Gasteiger partial charge in [0, 0.05) is 11.8 Å². The van der Waals surface area contributed by atoms with Crippen molar-refractivity contribution in [1.29, 1.82) is 0 Å². The van der Waals surface area contributed by atoms with E-state index in [1.165, 1.54) is 12.1 Å². The standard InChI is InChI=1S/C21H26ClFN2O3/c1-4-10-27-19-9-7-16(13-20(19)28-11-5-2)24-14(3)21(26)25-18-8-6-15(23)12-17(18)22/h6-9,12-14,24H,4-5,10-11H2,1-3H3,(H,25,26). The Kier molecular flexibility index (Phi) is 8.39. The number of hydrogen-bond donors (Lipinski definition) is 2. The van der Waals surface area contributed by atoms with E-state index in [1.54, 1.807) is 6.92 Å². The van der Waals surface area contributed by atoms with Crippen LogP contribution in [-0.2, 0) is 4.79 Å². The first-order valence-electron chi connectivity index (χ1n) is 9.36. The second-order valence-corrected chi connectivity index (χ2v) is 6.75. The highest BCUT2D eigenvalue weighted by Gasteiger charge is 2.16. The topological polar surface area (TPSA) is 59.6 Å². The monoisotopic (exact) mass is 408 g/mol. The van der Waals surface area contributed by atoms with E-state index in [2.05, 4.69) is 10.6 Å². The number of ether oxygens (including phenoxy) is 2. The van der Waals surface area contributed by atoms with Crippen molar-refractivity contribution in [2.24, 2.45) is 0 Å². The summed E-state index contributed by atoms with van der Waals surface area (Å²) in [6.45, 7) is 6.97. The van der Waals surface area contributed by atoms with Gasteiger partial charge in [0.15, 0.2) is 11.5 Å². The number of carbonyl (C=O) groups excluding carboxylic acids is 1. The van der Waals surface area contributed by atoms with E-state index in [0.717, 1.165) is 24.6 Å². The minimum absolute atomic E-state index is 0.147. The molecule has 1 amide bonds. The summed E-state index contributed by atoms with van der Waals surface area (Å²) in [7, 11) is 0. The minimum Gasteiger partial charge on any atom is -0.490 e. The molecule has 2 rings (SSSR count). The van der Waals surface area contributed by atoms with Crippen LogP contribution in [0.4, 0.5) is 15.8 Å². The van der Waals surface area contributed by atoms with Gasteiger partial charge in [-0.3, -0.25) is 4.79 Å². The summed E-state index contributed by atoms with van der Waals surface area (Å²) in [5.41, 5.74) is 1.08. The summed E-state index contributed by atoms with van der Waals surface area (Å²) < 4.78 is 24.6. The smallest absolute Gasteiger partial charge is 0.246 e. The van der Waals surface area contributed by atoms with Crippen molar-refractivity contribution in [3.8, 4) is 11.5 Å². The van der Waals surface area contributed by atoms with Crippen LogP contribution in [0.1, 0.15) is 33.6 Å². The molecule has 0 aromatic heterocycles. The summed E-state index contributed by atoms with van der Waals surface area (Å²) in [5, 5.41) is 5.96. The molecule has 0 bridgehead atoms. The van der Waals surface area contributed by atoms with Gasteiger partial charge in [-0.05, 0) is 50.1 Å². The van der Waals surface area contributed by atoms with Gasteiger partial charge in [0.1, 0.15) is 11.9 Å². The lowest BCUT2D eigenvalue weighted by atomic mass is 10.2. The van der Waals surface area contributed by atoms with Crippen LogP contribution in [0.25, 0.3) is 0 Å². The number of hydrogen-bond acceptors (Lipinski definition) is 4. The first-order valence-corrected chi connectivity index (χ1v) is 9.74. The number of anilines is 2. The fourth-order valence-electron chi connectivity index (χ4n) is 2.40. The Labute approximate surface area is 170 Å². The molecule has 0 radical (unpaired) electrons. The van der Waals surface area contributed by atoms with Crippen molar-refractivity contribution >= 4 is 28.9 Å². The number of benzene rings is 2. The quantitative estimate of drug-likeness (QED) is 0.545. The molecular weight excluding hydrogens is 383 g/mol. The molecule has 1 atom stereocenters. The fraction of sp³-hybridized carbons (Fsp3) is 0.381. The molecular formula is C21H26ClFN2O3. The first kappa shape index (κ1) is 21.8. The molecule has 2 aromatic carbocycles. The van der Waals surface area contributed by atoms with E-state index in [-0.39, 0.29) is 10.9 Å². The van der Waals surface area contributed by atoms with Crippen LogP contribution in [0.15, 0.2) is 36.4 Å². The molecule has 0 spiro atoms. The van der Waals surface area contributed by atoms with Crippen molar-refractivity contribution in [3.05, 3.63) is 47.2 Å². The Morgan fingerprint density at radius 2 is 1.75 bits per heavy atom. The largest absolute Gasteiger partial charge is 0.490 e. The van der Waals surface area contributed by atoms with Gasteiger partial charge in [0.2, 0.25) is 5.91 Å². The third-order valence-corrected chi connectivity index (χ3v) is 4.15. The lowest BCUT2D eigenvalue weighted by Crippen LogP contribution is -2.32. The van der Waals surface area contributed by atoms with E-state index < -0.39 is 11.9 Å². The summed E-state index contributed by atoms with van der Waals surface area (Å²) in [4.78, 5) is 12.4. The molecule has 0 aliphatic carbocycles. The van der Waals surface area contributed by atoms with E-state index in [9.17, 15) is 9.18 Å². The predicted octanol–water partition coefficient (Wildman–Crippen LogP) is 5.50. The van der Waals surface area contributed by atoms with Gasteiger partial charge < -0.3 is 20.1 Å². The van der Waals surface area contributed by atoms with Crippen molar-refractivity contribution < 1.29 is 18.7 Å². The van der Waals surface area contributed by atoms with E-state index in [4.69, 9.17) is 21.1 Å². The van der Waals surface area contributed by atoms with Crippen LogP contribution in [0.3, 0.4) is 0 Å². The third-order valence-electron chi connectivity index (χ3n) is 3.83. The van der Waals surface area contributed by atoms with Crippen molar-refractivity contribution in [2.45, 2.75) is 39.7 Å². The van der Waals surface area contributed by atoms with Gasteiger partial charge in [0.25, 0.3) is 0 Å². The van der Waals surface area contributed by atoms with Gasteiger partial charge in [0.05, 0.1) is 23.9 Å². The summed E-state index contributed by atoms with van der Waals surface area (Å²) in [5.74, 6) is 0.556. The second-order valence-electron chi connectivity index (χ2n) is 6.34. The zero-order valence-corrected chi connectivity index (χ0v) is 17.1. The molecule has 0 aliphatic heterocycles. The second kappa shape index (κ2) is 10.8. The molecule has 2 N–H and O–H groups in total. The molecule has 0 heterocycles. The van der Waals surface area contributed by atoms with E-state index in [0.29, 0.717) is 30.4 Å². The normalized spacial score (nSPS) is 11.6. The number of carbonyl (C=O) groups is 1.